The molecule has 0 aliphatic carbocycles. The molecule has 26 heavy (non-hydrogen) atoms. The van der Waals surface area contributed by atoms with Crippen LogP contribution in [0.25, 0.3) is 0 Å². The van der Waals surface area contributed by atoms with E-state index in [0.717, 1.165) is 11.3 Å². The SMILES string of the molecule is CC1=C(C(=O)Nc2ccc(Cl)cc2)[C@H](c2ccncc2)n2ncnc2N1. The highest BCUT2D eigenvalue weighted by molar-refractivity contribution is 6.30. The Bertz CT molecular complexity index is 980. The number of rotatable bonds is 3. The van der Waals surface area contributed by atoms with Crippen molar-refractivity contribution in [2.75, 3.05) is 10.6 Å². The third kappa shape index (κ3) is 2.93. The van der Waals surface area contributed by atoms with E-state index in [0.29, 0.717) is 22.2 Å². The summed E-state index contributed by atoms with van der Waals surface area (Å²) in [5.41, 5.74) is 2.84. The Balaban J connectivity index is 1.74. The molecule has 0 spiro atoms. The number of allylic oxidation sites excluding steroid dienone is 1. The molecule has 1 aromatic carbocycles. The number of nitrogens with one attached hydrogen (secondary N) is 2. The van der Waals surface area contributed by atoms with Gasteiger partial charge in [-0.3, -0.25) is 9.78 Å². The highest BCUT2D eigenvalue weighted by atomic mass is 35.5. The molecule has 2 N–H and O–H groups in total. The van der Waals surface area contributed by atoms with Crippen molar-refractivity contribution in [3.8, 4) is 0 Å². The molecule has 2 aromatic heterocycles. The minimum absolute atomic E-state index is 0.222. The number of nitrogens with zero attached hydrogens (tertiary/aromatic N) is 4. The summed E-state index contributed by atoms with van der Waals surface area (Å²) in [6, 6.07) is 10.3. The molecule has 0 radical (unpaired) electrons. The summed E-state index contributed by atoms with van der Waals surface area (Å²) in [6.45, 7) is 1.85. The first-order valence-corrected chi connectivity index (χ1v) is 8.35. The molecule has 1 aliphatic heterocycles. The largest absolute Gasteiger partial charge is 0.328 e. The van der Waals surface area contributed by atoms with Crippen molar-refractivity contribution in [3.05, 3.63) is 77.0 Å². The fourth-order valence-corrected chi connectivity index (χ4v) is 3.10. The minimum Gasteiger partial charge on any atom is -0.328 e. The molecule has 1 atom stereocenters. The van der Waals surface area contributed by atoms with Crippen molar-refractivity contribution in [3.63, 3.8) is 0 Å². The summed E-state index contributed by atoms with van der Waals surface area (Å²) in [5, 5.41) is 11.0. The van der Waals surface area contributed by atoms with E-state index in [1.54, 1.807) is 41.3 Å². The fraction of sp³-hybridized carbons (Fsp3) is 0.111. The fourth-order valence-electron chi connectivity index (χ4n) is 2.97. The molecule has 3 heterocycles. The maximum atomic E-state index is 13.1. The maximum Gasteiger partial charge on any atom is 0.255 e. The highest BCUT2D eigenvalue weighted by Gasteiger charge is 2.33. The van der Waals surface area contributed by atoms with Gasteiger partial charge >= 0.3 is 0 Å². The number of carbonyl (C=O) groups is 1. The number of amides is 1. The smallest absolute Gasteiger partial charge is 0.255 e. The van der Waals surface area contributed by atoms with Gasteiger partial charge in [0, 0.05) is 28.8 Å². The molecular formula is C18H15ClN6O. The van der Waals surface area contributed by atoms with Gasteiger partial charge in [-0.15, -0.1) is 0 Å². The summed E-state index contributed by atoms with van der Waals surface area (Å²) in [7, 11) is 0. The lowest BCUT2D eigenvalue weighted by molar-refractivity contribution is -0.113. The molecule has 130 valence electrons. The van der Waals surface area contributed by atoms with Gasteiger partial charge in [0.2, 0.25) is 5.95 Å². The summed E-state index contributed by atoms with van der Waals surface area (Å²) in [6.07, 6.45) is 4.85. The quantitative estimate of drug-likeness (QED) is 0.743. The molecule has 0 saturated heterocycles. The van der Waals surface area contributed by atoms with Crippen LogP contribution in [0.3, 0.4) is 0 Å². The van der Waals surface area contributed by atoms with Gasteiger partial charge in [0.25, 0.3) is 5.91 Å². The highest BCUT2D eigenvalue weighted by Crippen LogP contribution is 2.34. The Morgan fingerprint density at radius 3 is 2.65 bits per heavy atom. The summed E-state index contributed by atoms with van der Waals surface area (Å²) >= 11 is 5.91. The van der Waals surface area contributed by atoms with Crippen LogP contribution in [0.5, 0.6) is 0 Å². The number of hydrogen-bond donors (Lipinski definition) is 2. The third-order valence-corrected chi connectivity index (χ3v) is 4.41. The zero-order chi connectivity index (χ0) is 18.1. The Kier molecular flexibility index (Phi) is 4.14. The summed E-state index contributed by atoms with van der Waals surface area (Å²) < 4.78 is 1.69. The number of carbonyl (C=O) groups excluding carboxylic acids is 1. The number of anilines is 2. The lowest BCUT2D eigenvalue weighted by atomic mass is 9.96. The normalized spacial score (nSPS) is 16.0. The number of benzene rings is 1. The van der Waals surface area contributed by atoms with E-state index in [9.17, 15) is 4.79 Å². The Hall–Kier alpha value is -3.19. The van der Waals surface area contributed by atoms with E-state index >= 15 is 0 Å². The van der Waals surface area contributed by atoms with E-state index in [-0.39, 0.29) is 5.91 Å². The van der Waals surface area contributed by atoms with Gasteiger partial charge in [0.05, 0.1) is 5.57 Å². The second-order valence-corrected chi connectivity index (χ2v) is 6.27. The number of hydrogen-bond acceptors (Lipinski definition) is 5. The van der Waals surface area contributed by atoms with E-state index in [4.69, 9.17) is 11.6 Å². The molecule has 8 heteroatoms. The first-order valence-electron chi connectivity index (χ1n) is 7.97. The minimum atomic E-state index is -0.399. The van der Waals surface area contributed by atoms with Gasteiger partial charge in [-0.05, 0) is 48.9 Å². The lowest BCUT2D eigenvalue weighted by Gasteiger charge is -2.28. The van der Waals surface area contributed by atoms with Gasteiger partial charge < -0.3 is 10.6 Å². The molecule has 0 saturated carbocycles. The average Bonchev–Trinajstić information content (AvgIpc) is 3.11. The van der Waals surface area contributed by atoms with E-state index in [1.165, 1.54) is 6.33 Å². The van der Waals surface area contributed by atoms with Crippen LogP contribution in [0.1, 0.15) is 18.5 Å². The molecule has 0 bridgehead atoms. The monoisotopic (exact) mass is 366 g/mol. The first kappa shape index (κ1) is 16.3. The van der Waals surface area contributed by atoms with Crippen molar-refractivity contribution in [2.45, 2.75) is 13.0 Å². The molecule has 7 nitrogen and oxygen atoms in total. The second kappa shape index (κ2) is 6.61. The molecule has 3 aromatic rings. The van der Waals surface area contributed by atoms with Crippen LogP contribution in [0, 0.1) is 0 Å². The number of halogens is 1. The molecule has 0 fully saturated rings. The molecule has 0 unspecified atom stereocenters. The number of aromatic nitrogens is 4. The van der Waals surface area contributed by atoms with Crippen molar-refractivity contribution in [1.82, 2.24) is 19.7 Å². The molecule has 1 aliphatic rings. The Morgan fingerprint density at radius 1 is 1.19 bits per heavy atom. The maximum absolute atomic E-state index is 13.1. The zero-order valence-corrected chi connectivity index (χ0v) is 14.6. The van der Waals surface area contributed by atoms with Crippen LogP contribution >= 0.6 is 11.6 Å². The van der Waals surface area contributed by atoms with Crippen molar-refractivity contribution in [1.29, 1.82) is 0 Å². The summed E-state index contributed by atoms with van der Waals surface area (Å²) in [4.78, 5) is 21.3. The van der Waals surface area contributed by atoms with Gasteiger partial charge in [-0.25, -0.2) is 4.68 Å². The van der Waals surface area contributed by atoms with Gasteiger partial charge in [-0.2, -0.15) is 10.1 Å². The van der Waals surface area contributed by atoms with Crippen molar-refractivity contribution < 1.29 is 4.79 Å². The first-order chi connectivity index (χ1) is 12.6. The van der Waals surface area contributed by atoms with Gasteiger partial charge in [-0.1, -0.05) is 11.6 Å². The third-order valence-electron chi connectivity index (χ3n) is 4.16. The van der Waals surface area contributed by atoms with E-state index in [2.05, 4.69) is 25.7 Å². The van der Waals surface area contributed by atoms with Crippen molar-refractivity contribution in [2.24, 2.45) is 0 Å². The van der Waals surface area contributed by atoms with Crippen molar-refractivity contribution >= 4 is 29.1 Å². The molecule has 1 amide bonds. The van der Waals surface area contributed by atoms with Crippen LogP contribution in [0.2, 0.25) is 5.02 Å². The van der Waals surface area contributed by atoms with Crippen LogP contribution in [0.4, 0.5) is 11.6 Å². The topological polar surface area (TPSA) is 84.7 Å². The Morgan fingerprint density at radius 2 is 1.92 bits per heavy atom. The zero-order valence-electron chi connectivity index (χ0n) is 13.8. The predicted octanol–water partition coefficient (Wildman–Crippen LogP) is 3.25. The number of fused-ring (bicyclic) bond motifs is 1. The van der Waals surface area contributed by atoms with Crippen LogP contribution in [-0.2, 0) is 4.79 Å². The van der Waals surface area contributed by atoms with Crippen LogP contribution in [-0.4, -0.2) is 25.7 Å². The molecular weight excluding hydrogens is 352 g/mol. The van der Waals surface area contributed by atoms with E-state index in [1.807, 2.05) is 19.1 Å². The average molecular weight is 367 g/mol. The van der Waals surface area contributed by atoms with Crippen LogP contribution in [0.15, 0.2) is 66.4 Å². The predicted molar refractivity (Wildman–Crippen MR) is 98.8 cm³/mol. The van der Waals surface area contributed by atoms with E-state index < -0.39 is 6.04 Å². The summed E-state index contributed by atoms with van der Waals surface area (Å²) in [5.74, 6) is 0.368. The lowest BCUT2D eigenvalue weighted by Crippen LogP contribution is -2.31. The van der Waals surface area contributed by atoms with Crippen LogP contribution < -0.4 is 10.6 Å². The Labute approximate surface area is 154 Å². The van der Waals surface area contributed by atoms with Gasteiger partial charge in [0.1, 0.15) is 12.4 Å². The second-order valence-electron chi connectivity index (χ2n) is 5.84. The van der Waals surface area contributed by atoms with Gasteiger partial charge in [0.15, 0.2) is 0 Å². The molecule has 4 rings (SSSR count). The standard InChI is InChI=1S/C18H15ClN6O/c1-11-15(17(26)24-14-4-2-13(19)3-5-14)16(12-6-8-20-9-7-12)25-18(23-11)21-10-22-25/h2-10,16H,1H3,(H,24,26)(H,21,22,23)/t16-/m0/s1. The number of pyridine rings is 1.